The lowest BCUT2D eigenvalue weighted by atomic mass is 10.0. The lowest BCUT2D eigenvalue weighted by molar-refractivity contribution is -0.111. The Hall–Kier alpha value is -3.20. The number of aromatic nitrogens is 2. The van der Waals surface area contributed by atoms with Gasteiger partial charge in [0.25, 0.3) is 11.1 Å². The van der Waals surface area contributed by atoms with Gasteiger partial charge in [-0.2, -0.15) is 0 Å². The summed E-state index contributed by atoms with van der Waals surface area (Å²) in [5.74, 6) is 1.16. The molecule has 1 aliphatic heterocycles. The van der Waals surface area contributed by atoms with Crippen molar-refractivity contribution in [3.05, 3.63) is 65.8 Å². The van der Waals surface area contributed by atoms with Gasteiger partial charge in [-0.05, 0) is 30.3 Å². The maximum absolute atomic E-state index is 12.9. The molecule has 2 heterocycles. The number of ether oxygens (including phenoxy) is 1. The van der Waals surface area contributed by atoms with E-state index in [4.69, 9.17) is 9.15 Å². The van der Waals surface area contributed by atoms with Crippen molar-refractivity contribution in [2.75, 3.05) is 12.3 Å². The number of hydrogen-bond acceptors (Lipinski definition) is 8. The molecule has 1 aromatic heterocycles. The molecule has 4 rings (SSSR count). The number of benzene rings is 2. The summed E-state index contributed by atoms with van der Waals surface area (Å²) in [4.78, 5) is 17.9. The standard InChI is InChI=1S/C20H17FN4O3S/c21-14-5-7-15(8-6-14)27-12-19-23-24-20(28-19)29-10-9-25-13-22-17-4-2-1-3-16(17)18(25)11-26/h1-8,11,13,18H,9-10,12H2. The zero-order valence-corrected chi connectivity index (χ0v) is 16.1. The molecule has 2 aromatic carbocycles. The zero-order chi connectivity index (χ0) is 20.1. The number of rotatable bonds is 8. The molecule has 0 radical (unpaired) electrons. The number of nitrogens with zero attached hydrogens (tertiary/aromatic N) is 4. The third-order valence-corrected chi connectivity index (χ3v) is 5.08. The van der Waals surface area contributed by atoms with Gasteiger partial charge >= 0.3 is 0 Å². The first kappa shape index (κ1) is 19.1. The fourth-order valence-electron chi connectivity index (χ4n) is 2.86. The molecule has 1 aliphatic rings. The summed E-state index contributed by atoms with van der Waals surface area (Å²) < 4.78 is 23.9. The molecular formula is C20H17FN4O3S. The number of hydrogen-bond donors (Lipinski definition) is 0. The topological polar surface area (TPSA) is 80.8 Å². The summed E-state index contributed by atoms with van der Waals surface area (Å²) in [5, 5.41) is 8.34. The van der Waals surface area contributed by atoms with E-state index in [-0.39, 0.29) is 18.5 Å². The number of fused-ring (bicyclic) bond motifs is 1. The van der Waals surface area contributed by atoms with Gasteiger partial charge in [-0.3, -0.25) is 0 Å². The predicted molar refractivity (Wildman–Crippen MR) is 106 cm³/mol. The number of thioether (sulfide) groups is 1. The van der Waals surface area contributed by atoms with Crippen LogP contribution in [0.25, 0.3) is 0 Å². The molecule has 0 bridgehead atoms. The molecule has 0 spiro atoms. The normalized spacial score (nSPS) is 15.2. The summed E-state index contributed by atoms with van der Waals surface area (Å²) in [6, 6.07) is 12.9. The molecule has 0 saturated heterocycles. The lowest BCUT2D eigenvalue weighted by Crippen LogP contribution is -2.32. The van der Waals surface area contributed by atoms with Crippen molar-refractivity contribution in [1.82, 2.24) is 15.1 Å². The first-order chi connectivity index (χ1) is 14.2. The Labute approximate surface area is 170 Å². The van der Waals surface area contributed by atoms with Crippen LogP contribution in [0.2, 0.25) is 0 Å². The van der Waals surface area contributed by atoms with E-state index >= 15 is 0 Å². The Morgan fingerprint density at radius 1 is 1.17 bits per heavy atom. The van der Waals surface area contributed by atoms with Crippen molar-refractivity contribution in [2.45, 2.75) is 17.9 Å². The van der Waals surface area contributed by atoms with Crippen LogP contribution in [-0.2, 0) is 11.4 Å². The highest BCUT2D eigenvalue weighted by Crippen LogP contribution is 2.31. The van der Waals surface area contributed by atoms with Crippen LogP contribution in [0.3, 0.4) is 0 Å². The van der Waals surface area contributed by atoms with Crippen LogP contribution < -0.4 is 4.74 Å². The quantitative estimate of drug-likeness (QED) is 0.411. The second-order valence-electron chi connectivity index (χ2n) is 6.17. The first-order valence-electron chi connectivity index (χ1n) is 8.90. The predicted octanol–water partition coefficient (Wildman–Crippen LogP) is 3.80. The van der Waals surface area contributed by atoms with Crippen molar-refractivity contribution in [3.63, 3.8) is 0 Å². The number of para-hydroxylation sites is 1. The van der Waals surface area contributed by atoms with E-state index in [9.17, 15) is 9.18 Å². The first-order valence-corrected chi connectivity index (χ1v) is 9.89. The Morgan fingerprint density at radius 3 is 2.83 bits per heavy atom. The molecule has 1 atom stereocenters. The summed E-state index contributed by atoms with van der Waals surface area (Å²) in [6.45, 7) is 0.692. The highest BCUT2D eigenvalue weighted by molar-refractivity contribution is 7.99. The second-order valence-corrected chi connectivity index (χ2v) is 7.22. The molecule has 9 heteroatoms. The zero-order valence-electron chi connectivity index (χ0n) is 15.3. The molecule has 0 N–H and O–H groups in total. The van der Waals surface area contributed by atoms with Gasteiger partial charge in [0, 0.05) is 17.9 Å². The van der Waals surface area contributed by atoms with Gasteiger partial charge in [-0.1, -0.05) is 30.0 Å². The number of aliphatic imine (C=N–C) groups is 1. The molecule has 0 fully saturated rings. The molecule has 0 amide bonds. The van der Waals surface area contributed by atoms with E-state index in [2.05, 4.69) is 15.2 Å². The van der Waals surface area contributed by atoms with Crippen molar-refractivity contribution < 1.29 is 18.3 Å². The van der Waals surface area contributed by atoms with Crippen LogP contribution >= 0.6 is 11.8 Å². The molecule has 7 nitrogen and oxygen atoms in total. The minimum atomic E-state index is -0.355. The maximum Gasteiger partial charge on any atom is 0.276 e. The van der Waals surface area contributed by atoms with Gasteiger partial charge in [0.15, 0.2) is 6.61 Å². The second kappa shape index (κ2) is 8.87. The van der Waals surface area contributed by atoms with Crippen molar-refractivity contribution in [3.8, 4) is 5.75 Å². The van der Waals surface area contributed by atoms with Crippen molar-refractivity contribution >= 4 is 30.1 Å². The number of carbonyl (C=O) groups is 1. The minimum absolute atomic E-state index is 0.0992. The average molecular weight is 412 g/mol. The molecular weight excluding hydrogens is 395 g/mol. The molecule has 0 aliphatic carbocycles. The van der Waals surface area contributed by atoms with E-state index in [1.807, 2.05) is 29.2 Å². The van der Waals surface area contributed by atoms with Gasteiger partial charge in [-0.15, -0.1) is 10.2 Å². The Morgan fingerprint density at radius 2 is 2.00 bits per heavy atom. The van der Waals surface area contributed by atoms with Crippen LogP contribution in [0.1, 0.15) is 17.5 Å². The van der Waals surface area contributed by atoms with Gasteiger partial charge in [0.2, 0.25) is 0 Å². The lowest BCUT2D eigenvalue weighted by Gasteiger charge is -2.29. The van der Waals surface area contributed by atoms with Crippen molar-refractivity contribution in [2.24, 2.45) is 4.99 Å². The number of carbonyl (C=O) groups excluding carboxylic acids is 1. The van der Waals surface area contributed by atoms with Gasteiger partial charge < -0.3 is 18.8 Å². The Bertz CT molecular complexity index is 1010. The SMILES string of the molecule is O=CC1c2ccccc2N=CN1CCSc1nnc(COc2ccc(F)cc2)o1. The third kappa shape index (κ3) is 4.62. The smallest absolute Gasteiger partial charge is 0.276 e. The van der Waals surface area contributed by atoms with Crippen LogP contribution in [0, 0.1) is 5.82 Å². The monoisotopic (exact) mass is 412 g/mol. The fourth-order valence-corrected chi connectivity index (χ4v) is 3.59. The number of aldehydes is 1. The average Bonchev–Trinajstić information content (AvgIpc) is 3.21. The largest absolute Gasteiger partial charge is 0.484 e. The molecule has 1 unspecified atom stereocenters. The maximum atomic E-state index is 12.9. The van der Waals surface area contributed by atoms with E-state index in [1.54, 1.807) is 6.34 Å². The summed E-state index contributed by atoms with van der Waals surface area (Å²) in [5.41, 5.74) is 1.71. The molecule has 148 valence electrons. The number of halogens is 1. The highest BCUT2D eigenvalue weighted by Gasteiger charge is 2.23. The molecule has 29 heavy (non-hydrogen) atoms. The van der Waals surface area contributed by atoms with E-state index < -0.39 is 0 Å². The minimum Gasteiger partial charge on any atom is -0.484 e. The van der Waals surface area contributed by atoms with Gasteiger partial charge in [0.05, 0.1) is 12.0 Å². The summed E-state index contributed by atoms with van der Waals surface area (Å²) in [7, 11) is 0. The van der Waals surface area contributed by atoms with Crippen LogP contribution in [0.5, 0.6) is 5.75 Å². The fraction of sp³-hybridized carbons (Fsp3) is 0.200. The van der Waals surface area contributed by atoms with E-state index in [0.717, 1.165) is 17.5 Å². The van der Waals surface area contributed by atoms with Crippen LogP contribution in [0.4, 0.5) is 10.1 Å². The third-order valence-electron chi connectivity index (χ3n) is 4.29. The molecule has 0 saturated carbocycles. The van der Waals surface area contributed by atoms with Gasteiger partial charge in [-0.25, -0.2) is 9.38 Å². The van der Waals surface area contributed by atoms with Gasteiger partial charge in [0.1, 0.15) is 23.9 Å². The van der Waals surface area contributed by atoms with E-state index in [1.165, 1.54) is 36.0 Å². The van der Waals surface area contributed by atoms with Crippen LogP contribution in [0.15, 0.2) is 63.2 Å². The summed E-state index contributed by atoms with van der Waals surface area (Å²) >= 11 is 1.39. The van der Waals surface area contributed by atoms with Crippen LogP contribution in [-0.4, -0.2) is 40.0 Å². The molecule has 3 aromatic rings. The van der Waals surface area contributed by atoms with Crippen molar-refractivity contribution in [1.29, 1.82) is 0 Å². The Balaban J connectivity index is 1.28. The highest BCUT2D eigenvalue weighted by atomic mass is 32.2. The van der Waals surface area contributed by atoms with E-state index in [0.29, 0.717) is 29.2 Å². The summed E-state index contributed by atoms with van der Waals surface area (Å²) in [6.07, 6.45) is 2.62. The Kier molecular flexibility index (Phi) is 5.85.